The Morgan fingerprint density at radius 1 is 0.422 bits per heavy atom. The number of nitrogens with one attached hydrogen (secondary N) is 1. The minimum Gasteiger partial charge on any atom is -0.390 e. The fraction of sp³-hybridized carbons (Fsp3) is 0.975. The first-order valence-corrected chi connectivity index (χ1v) is 20.3. The van der Waals surface area contributed by atoms with Crippen LogP contribution in [0.15, 0.2) is 0 Å². The van der Waals surface area contributed by atoms with Crippen molar-refractivity contribution in [2.24, 2.45) is 0 Å². The van der Waals surface area contributed by atoms with Gasteiger partial charge in [-0.3, -0.25) is 4.79 Å². The van der Waals surface area contributed by atoms with Gasteiger partial charge < -0.3 is 20.6 Å². The van der Waals surface area contributed by atoms with E-state index in [-0.39, 0.29) is 12.3 Å². The van der Waals surface area contributed by atoms with E-state index < -0.39 is 18.4 Å². The van der Waals surface area contributed by atoms with E-state index >= 15 is 0 Å². The monoisotopic (exact) mass is 640 g/mol. The summed E-state index contributed by atoms with van der Waals surface area (Å²) in [6, 6.07) is 0. The number of carbonyl (C=O) groups is 1. The predicted molar refractivity (Wildman–Crippen MR) is 194 cm³/mol. The van der Waals surface area contributed by atoms with Crippen LogP contribution in [-0.4, -0.2) is 39.7 Å². The highest BCUT2D eigenvalue weighted by molar-refractivity contribution is 5.75. The summed E-state index contributed by atoms with van der Waals surface area (Å²) in [6.07, 6.45) is 38.3. The Hall–Kier alpha value is -0.650. The van der Waals surface area contributed by atoms with E-state index in [1.165, 1.54) is 167 Å². The molecule has 3 atom stereocenters. The fourth-order valence-electron chi connectivity index (χ4n) is 6.45. The summed E-state index contributed by atoms with van der Waals surface area (Å²) >= 11 is 0. The van der Waals surface area contributed by atoms with Crippen LogP contribution >= 0.6 is 0 Å². The Kier molecular flexibility index (Phi) is 35.7. The van der Waals surface area contributed by atoms with Crippen molar-refractivity contribution in [3.63, 3.8) is 0 Å². The highest BCUT2D eigenvalue weighted by Crippen LogP contribution is 2.16. The van der Waals surface area contributed by atoms with Crippen molar-refractivity contribution in [2.45, 2.75) is 251 Å². The number of unbranched alkanes of at least 4 members (excludes halogenated alkanes) is 29. The first-order chi connectivity index (χ1) is 22.0. The molecule has 4 N–H and O–H groups in total. The molecule has 0 heterocycles. The van der Waals surface area contributed by atoms with E-state index in [4.69, 9.17) is 0 Å². The fourth-order valence-corrected chi connectivity index (χ4v) is 6.45. The number of amides is 1. The highest BCUT2D eigenvalue weighted by atomic mass is 16.3. The zero-order valence-corrected chi connectivity index (χ0v) is 30.5. The first-order valence-electron chi connectivity index (χ1n) is 20.3. The molecule has 0 aliphatic rings. The van der Waals surface area contributed by atoms with Crippen LogP contribution in [0, 0.1) is 0 Å². The van der Waals surface area contributed by atoms with Gasteiger partial charge >= 0.3 is 0 Å². The SMILES string of the molecule is CCCCCCCCCCCCCCCCCCCCCC(=O)NC(O)CC(O)C(O)CCCCCCCCCCCCCC. The molecular formula is C40H81NO4. The van der Waals surface area contributed by atoms with Crippen molar-refractivity contribution < 1.29 is 20.1 Å². The third-order valence-electron chi connectivity index (χ3n) is 9.60. The molecule has 0 fully saturated rings. The molecule has 0 aliphatic carbocycles. The van der Waals surface area contributed by atoms with E-state index in [2.05, 4.69) is 19.2 Å². The second-order valence-corrected chi connectivity index (χ2v) is 14.2. The van der Waals surface area contributed by atoms with Crippen LogP contribution in [0.3, 0.4) is 0 Å². The van der Waals surface area contributed by atoms with Crippen LogP contribution in [0.4, 0.5) is 0 Å². The Morgan fingerprint density at radius 2 is 0.711 bits per heavy atom. The van der Waals surface area contributed by atoms with Crippen molar-refractivity contribution in [2.75, 3.05) is 0 Å². The average Bonchev–Trinajstić information content (AvgIpc) is 3.02. The zero-order valence-electron chi connectivity index (χ0n) is 30.5. The minimum atomic E-state index is -1.11. The first kappa shape index (κ1) is 44.4. The van der Waals surface area contributed by atoms with Gasteiger partial charge in [-0.2, -0.15) is 0 Å². The normalized spacial score (nSPS) is 13.6. The molecule has 0 aromatic rings. The van der Waals surface area contributed by atoms with Gasteiger partial charge in [-0.15, -0.1) is 0 Å². The Bertz CT molecular complexity index is 587. The number of hydrogen-bond acceptors (Lipinski definition) is 4. The van der Waals surface area contributed by atoms with Crippen molar-refractivity contribution in [3.8, 4) is 0 Å². The molecule has 3 unspecified atom stereocenters. The third kappa shape index (κ3) is 34.5. The molecule has 270 valence electrons. The second-order valence-electron chi connectivity index (χ2n) is 14.2. The van der Waals surface area contributed by atoms with Crippen LogP contribution in [0.2, 0.25) is 0 Å². The molecule has 0 spiro atoms. The highest BCUT2D eigenvalue weighted by Gasteiger charge is 2.20. The van der Waals surface area contributed by atoms with Crippen LogP contribution in [0.1, 0.15) is 232 Å². The zero-order chi connectivity index (χ0) is 33.1. The van der Waals surface area contributed by atoms with Crippen molar-refractivity contribution in [1.82, 2.24) is 5.32 Å². The smallest absolute Gasteiger partial charge is 0.221 e. The molecule has 0 radical (unpaired) electrons. The number of aliphatic hydroxyl groups excluding tert-OH is 3. The summed E-state index contributed by atoms with van der Waals surface area (Å²) in [5, 5.41) is 33.3. The molecule has 0 aromatic carbocycles. The summed E-state index contributed by atoms with van der Waals surface area (Å²) in [5.41, 5.74) is 0. The molecule has 0 bridgehead atoms. The lowest BCUT2D eigenvalue weighted by atomic mass is 10.0. The minimum absolute atomic E-state index is 0.0235. The number of hydrogen-bond donors (Lipinski definition) is 4. The van der Waals surface area contributed by atoms with Crippen LogP contribution in [0.25, 0.3) is 0 Å². The maximum atomic E-state index is 12.2. The summed E-state index contributed by atoms with van der Waals surface area (Å²) in [5.74, 6) is -0.169. The van der Waals surface area contributed by atoms with Gasteiger partial charge in [0, 0.05) is 12.8 Å². The van der Waals surface area contributed by atoms with Gasteiger partial charge in [0.2, 0.25) is 5.91 Å². The lowest BCUT2D eigenvalue weighted by molar-refractivity contribution is -0.125. The molecule has 0 aliphatic heterocycles. The van der Waals surface area contributed by atoms with E-state index in [1.54, 1.807) is 0 Å². The van der Waals surface area contributed by atoms with Crippen molar-refractivity contribution >= 4 is 5.91 Å². The van der Waals surface area contributed by atoms with E-state index in [0.717, 1.165) is 32.1 Å². The van der Waals surface area contributed by atoms with E-state index in [0.29, 0.717) is 12.8 Å². The van der Waals surface area contributed by atoms with E-state index in [1.807, 2.05) is 0 Å². The third-order valence-corrected chi connectivity index (χ3v) is 9.60. The molecular weight excluding hydrogens is 558 g/mol. The Morgan fingerprint density at radius 3 is 1.04 bits per heavy atom. The summed E-state index contributed by atoms with van der Waals surface area (Å²) in [7, 11) is 0. The average molecular weight is 640 g/mol. The summed E-state index contributed by atoms with van der Waals surface area (Å²) < 4.78 is 0. The van der Waals surface area contributed by atoms with Gasteiger partial charge in [0.05, 0.1) is 12.2 Å². The topological polar surface area (TPSA) is 89.8 Å². The van der Waals surface area contributed by atoms with Crippen LogP contribution in [0.5, 0.6) is 0 Å². The predicted octanol–water partition coefficient (Wildman–Crippen LogP) is 11.4. The van der Waals surface area contributed by atoms with Gasteiger partial charge in [0.1, 0.15) is 6.23 Å². The molecule has 5 nitrogen and oxygen atoms in total. The van der Waals surface area contributed by atoms with Gasteiger partial charge in [-0.05, 0) is 12.8 Å². The van der Waals surface area contributed by atoms with Crippen molar-refractivity contribution in [3.05, 3.63) is 0 Å². The van der Waals surface area contributed by atoms with Gasteiger partial charge in [-0.25, -0.2) is 0 Å². The Balaban J connectivity index is 3.47. The maximum absolute atomic E-state index is 12.2. The molecule has 45 heavy (non-hydrogen) atoms. The standard InChI is InChI=1S/C40H81NO4/c1-3-5-7-9-11-13-15-17-18-19-20-21-22-23-25-27-29-31-33-35-39(44)41-40(45)36-38(43)37(42)34-32-30-28-26-24-16-14-12-10-8-6-4-2/h37-38,40,42-43,45H,3-36H2,1-2H3,(H,41,44). The molecule has 0 saturated carbocycles. The summed E-state index contributed by atoms with van der Waals surface area (Å²) in [4.78, 5) is 12.2. The Labute approximate surface area is 281 Å². The van der Waals surface area contributed by atoms with Gasteiger partial charge in [0.25, 0.3) is 0 Å². The van der Waals surface area contributed by atoms with Crippen molar-refractivity contribution in [1.29, 1.82) is 0 Å². The lowest BCUT2D eigenvalue weighted by Crippen LogP contribution is -2.40. The molecule has 5 heteroatoms. The quantitative estimate of drug-likeness (QED) is 0.0402. The molecule has 0 saturated heterocycles. The van der Waals surface area contributed by atoms with Crippen LogP contribution in [-0.2, 0) is 4.79 Å². The van der Waals surface area contributed by atoms with Gasteiger partial charge in [0.15, 0.2) is 0 Å². The van der Waals surface area contributed by atoms with Gasteiger partial charge in [-0.1, -0.05) is 206 Å². The number of aliphatic hydroxyl groups is 3. The largest absolute Gasteiger partial charge is 0.390 e. The lowest BCUT2D eigenvalue weighted by Gasteiger charge is -2.21. The summed E-state index contributed by atoms with van der Waals surface area (Å²) in [6.45, 7) is 4.54. The molecule has 0 aromatic heterocycles. The second kappa shape index (κ2) is 36.2. The maximum Gasteiger partial charge on any atom is 0.221 e. The number of carbonyl (C=O) groups excluding carboxylic acids is 1. The van der Waals surface area contributed by atoms with Crippen LogP contribution < -0.4 is 5.32 Å². The number of rotatable bonds is 37. The molecule has 1 amide bonds. The van der Waals surface area contributed by atoms with E-state index in [9.17, 15) is 20.1 Å². The molecule has 0 rings (SSSR count).